The van der Waals surface area contributed by atoms with Crippen LogP contribution in [-0.4, -0.2) is 45.3 Å². The summed E-state index contributed by atoms with van der Waals surface area (Å²) in [7, 11) is -0.671. The third-order valence-corrected chi connectivity index (χ3v) is 4.85. The molecule has 1 saturated heterocycles. The lowest BCUT2D eigenvalue weighted by molar-refractivity contribution is -0.146. The first-order valence-corrected chi connectivity index (χ1v) is 7.94. The Labute approximate surface area is 123 Å². The van der Waals surface area contributed by atoms with Gasteiger partial charge in [0.15, 0.2) is 0 Å². The van der Waals surface area contributed by atoms with Crippen LogP contribution in [0.5, 0.6) is 0 Å². The van der Waals surface area contributed by atoms with Crippen molar-refractivity contribution in [3.8, 4) is 0 Å². The maximum atomic E-state index is 11.9. The zero-order valence-corrected chi connectivity index (χ0v) is 12.6. The number of hydrogen-bond acceptors (Lipinski definition) is 5. The van der Waals surface area contributed by atoms with E-state index in [1.54, 1.807) is 12.1 Å². The number of carbonyl (C=O) groups excluding carboxylic acids is 2. The van der Waals surface area contributed by atoms with Crippen molar-refractivity contribution in [2.75, 3.05) is 19.4 Å². The monoisotopic (exact) mass is 311 g/mol. The zero-order chi connectivity index (χ0) is 15.6. The maximum absolute atomic E-state index is 11.9. The number of likely N-dealkylation sites (tertiary alicyclic amines) is 1. The molecule has 0 bridgehead atoms. The minimum absolute atomic E-state index is 0.151. The number of nitrogens with one attached hydrogen (secondary N) is 2. The molecule has 1 atom stereocenters. The number of hydrogen-bond donors (Lipinski definition) is 2. The molecule has 2 N–H and O–H groups in total. The Balaban J connectivity index is 2.11. The summed E-state index contributed by atoms with van der Waals surface area (Å²) in [5.74, 6) is -0.466. The molecule has 1 unspecified atom stereocenters. The van der Waals surface area contributed by atoms with Crippen LogP contribution in [0.25, 0.3) is 0 Å². The third kappa shape index (κ3) is 3.22. The van der Waals surface area contributed by atoms with Crippen molar-refractivity contribution in [2.24, 2.45) is 0 Å². The summed E-state index contributed by atoms with van der Waals surface area (Å²) in [6, 6.07) is 5.62. The van der Waals surface area contributed by atoms with Crippen molar-refractivity contribution >= 4 is 27.5 Å². The van der Waals surface area contributed by atoms with Gasteiger partial charge in [-0.1, -0.05) is 0 Å². The van der Waals surface area contributed by atoms with Gasteiger partial charge in [0, 0.05) is 19.2 Å². The summed E-state index contributed by atoms with van der Waals surface area (Å²) < 4.78 is 25.4. The number of imide groups is 1. The number of piperidine rings is 1. The highest BCUT2D eigenvalue weighted by Gasteiger charge is 2.31. The molecule has 0 aliphatic carbocycles. The molecular formula is C13H17N3O4S. The minimum Gasteiger partial charge on any atom is -0.374 e. The Bertz CT molecular complexity index is 654. The van der Waals surface area contributed by atoms with E-state index in [1.807, 2.05) is 0 Å². The van der Waals surface area contributed by atoms with Gasteiger partial charge in [0.1, 0.15) is 6.04 Å². The summed E-state index contributed by atoms with van der Waals surface area (Å²) in [5, 5.41) is 3.02. The van der Waals surface area contributed by atoms with Crippen molar-refractivity contribution in [3.63, 3.8) is 0 Å². The lowest BCUT2D eigenvalue weighted by Crippen LogP contribution is -2.48. The SMILES string of the molecule is CNS(=O)(=O)c1ccc(NC2CCC(=O)N(C)C2=O)cc1. The predicted octanol–water partition coefficient (Wildman–Crippen LogP) is 0.154. The highest BCUT2D eigenvalue weighted by atomic mass is 32.2. The Kier molecular flexibility index (Phi) is 4.29. The number of nitrogens with zero attached hydrogens (tertiary/aromatic N) is 1. The maximum Gasteiger partial charge on any atom is 0.251 e. The number of rotatable bonds is 4. The van der Waals surface area contributed by atoms with Crippen LogP contribution in [0.4, 0.5) is 5.69 Å². The van der Waals surface area contributed by atoms with Crippen LogP contribution in [-0.2, 0) is 19.6 Å². The number of anilines is 1. The molecule has 114 valence electrons. The topological polar surface area (TPSA) is 95.6 Å². The van der Waals surface area contributed by atoms with E-state index in [2.05, 4.69) is 10.0 Å². The van der Waals surface area contributed by atoms with E-state index < -0.39 is 16.1 Å². The number of sulfonamides is 1. The second-order valence-corrected chi connectivity index (χ2v) is 6.65. The second kappa shape index (κ2) is 5.82. The van der Waals surface area contributed by atoms with Gasteiger partial charge in [0.05, 0.1) is 4.90 Å². The van der Waals surface area contributed by atoms with Gasteiger partial charge in [0.25, 0.3) is 5.91 Å². The fourth-order valence-electron chi connectivity index (χ4n) is 2.10. The first-order valence-electron chi connectivity index (χ1n) is 6.45. The highest BCUT2D eigenvalue weighted by molar-refractivity contribution is 7.89. The highest BCUT2D eigenvalue weighted by Crippen LogP contribution is 2.19. The quantitative estimate of drug-likeness (QED) is 0.772. The Morgan fingerprint density at radius 1 is 1.19 bits per heavy atom. The second-order valence-electron chi connectivity index (χ2n) is 4.76. The molecule has 0 aromatic heterocycles. The van der Waals surface area contributed by atoms with E-state index in [4.69, 9.17) is 0 Å². The van der Waals surface area contributed by atoms with Gasteiger partial charge in [-0.25, -0.2) is 13.1 Å². The average molecular weight is 311 g/mol. The Morgan fingerprint density at radius 2 is 1.81 bits per heavy atom. The van der Waals surface area contributed by atoms with Crippen molar-refractivity contribution < 1.29 is 18.0 Å². The minimum atomic E-state index is -3.47. The fourth-order valence-corrected chi connectivity index (χ4v) is 2.83. The summed E-state index contributed by atoms with van der Waals surface area (Å²) in [5.41, 5.74) is 0.631. The van der Waals surface area contributed by atoms with Gasteiger partial charge in [-0.3, -0.25) is 14.5 Å². The molecular weight excluding hydrogens is 294 g/mol. The average Bonchev–Trinajstić information content (AvgIpc) is 2.48. The number of amides is 2. The van der Waals surface area contributed by atoms with Crippen LogP contribution in [0.1, 0.15) is 12.8 Å². The Morgan fingerprint density at radius 3 is 2.38 bits per heavy atom. The number of likely N-dealkylation sites (N-methyl/N-ethyl adjacent to an activating group) is 1. The van der Waals surface area contributed by atoms with E-state index >= 15 is 0 Å². The molecule has 7 nitrogen and oxygen atoms in total. The summed E-state index contributed by atoms with van der Waals surface area (Å²) in [6.07, 6.45) is 0.741. The van der Waals surface area contributed by atoms with Gasteiger partial charge in [-0.05, 0) is 37.7 Å². The van der Waals surface area contributed by atoms with Crippen LogP contribution in [0.15, 0.2) is 29.2 Å². The smallest absolute Gasteiger partial charge is 0.251 e. The number of carbonyl (C=O) groups is 2. The van der Waals surface area contributed by atoms with Crippen LogP contribution >= 0.6 is 0 Å². The van der Waals surface area contributed by atoms with Gasteiger partial charge >= 0.3 is 0 Å². The summed E-state index contributed by atoms with van der Waals surface area (Å²) in [6.45, 7) is 0. The molecule has 1 aromatic rings. The lowest BCUT2D eigenvalue weighted by atomic mass is 10.0. The van der Waals surface area contributed by atoms with Crippen LogP contribution < -0.4 is 10.0 Å². The van der Waals surface area contributed by atoms with Gasteiger partial charge in [-0.15, -0.1) is 0 Å². The predicted molar refractivity (Wildman–Crippen MR) is 77.1 cm³/mol. The van der Waals surface area contributed by atoms with E-state index in [0.29, 0.717) is 18.5 Å². The zero-order valence-electron chi connectivity index (χ0n) is 11.8. The fraction of sp³-hybridized carbons (Fsp3) is 0.385. The normalized spacial score (nSPS) is 19.7. The molecule has 21 heavy (non-hydrogen) atoms. The number of benzene rings is 1. The molecule has 0 spiro atoms. The Hall–Kier alpha value is -1.93. The van der Waals surface area contributed by atoms with Gasteiger partial charge in [-0.2, -0.15) is 0 Å². The van der Waals surface area contributed by atoms with Crippen LogP contribution in [0.3, 0.4) is 0 Å². The van der Waals surface area contributed by atoms with Crippen molar-refractivity contribution in [2.45, 2.75) is 23.8 Å². The van der Waals surface area contributed by atoms with Gasteiger partial charge < -0.3 is 5.32 Å². The third-order valence-electron chi connectivity index (χ3n) is 3.42. The van der Waals surface area contributed by atoms with Crippen LogP contribution in [0, 0.1) is 0 Å². The van der Waals surface area contributed by atoms with Crippen molar-refractivity contribution in [3.05, 3.63) is 24.3 Å². The molecule has 2 amide bonds. The molecule has 0 saturated carbocycles. The summed E-state index contributed by atoms with van der Waals surface area (Å²) >= 11 is 0. The molecule has 1 aliphatic rings. The molecule has 1 heterocycles. The van der Waals surface area contributed by atoms with Crippen LogP contribution in [0.2, 0.25) is 0 Å². The molecule has 1 aromatic carbocycles. The molecule has 1 fully saturated rings. The molecule has 8 heteroatoms. The summed E-state index contributed by atoms with van der Waals surface area (Å²) in [4.78, 5) is 24.6. The van der Waals surface area contributed by atoms with E-state index in [-0.39, 0.29) is 16.7 Å². The lowest BCUT2D eigenvalue weighted by Gasteiger charge is -2.28. The van der Waals surface area contributed by atoms with E-state index in [0.717, 1.165) is 4.90 Å². The van der Waals surface area contributed by atoms with E-state index in [9.17, 15) is 18.0 Å². The largest absolute Gasteiger partial charge is 0.374 e. The molecule has 0 radical (unpaired) electrons. The molecule has 2 rings (SSSR count). The van der Waals surface area contributed by atoms with Crippen molar-refractivity contribution in [1.29, 1.82) is 0 Å². The standard InChI is InChI=1S/C13H17N3O4S/c1-14-21(19,20)10-5-3-9(4-6-10)15-11-7-8-12(17)16(2)13(11)18/h3-6,11,14-15H,7-8H2,1-2H3. The first-order chi connectivity index (χ1) is 9.85. The van der Waals surface area contributed by atoms with Crippen molar-refractivity contribution in [1.82, 2.24) is 9.62 Å². The first kappa shape index (κ1) is 15.5. The van der Waals surface area contributed by atoms with E-state index in [1.165, 1.54) is 26.2 Å². The van der Waals surface area contributed by atoms with Gasteiger partial charge in [0.2, 0.25) is 15.9 Å². The molecule has 1 aliphatic heterocycles.